The lowest BCUT2D eigenvalue weighted by Gasteiger charge is -2.33. The molecule has 1 aliphatic heterocycles. The molecular formula is C14H21NO. The van der Waals surface area contributed by atoms with Crippen molar-refractivity contribution in [3.05, 3.63) is 34.9 Å². The average Bonchev–Trinajstić information content (AvgIpc) is 2.23. The van der Waals surface area contributed by atoms with E-state index in [1.807, 2.05) is 0 Å². The standard InChI is InChI=1S/C14H21NO/c1-11-4-5-13(12(2)8-11)9-14(16)6-3-7-15-10-14/h4-5,8,15-16H,3,6-7,9-10H2,1-2H3. The summed E-state index contributed by atoms with van der Waals surface area (Å²) in [4.78, 5) is 0. The molecule has 1 heterocycles. The van der Waals surface area contributed by atoms with Crippen LogP contribution in [-0.2, 0) is 6.42 Å². The molecule has 16 heavy (non-hydrogen) atoms. The Kier molecular flexibility index (Phi) is 3.31. The largest absolute Gasteiger partial charge is 0.388 e. The van der Waals surface area contributed by atoms with Crippen molar-refractivity contribution in [2.75, 3.05) is 13.1 Å². The summed E-state index contributed by atoms with van der Waals surface area (Å²) in [7, 11) is 0. The van der Waals surface area contributed by atoms with Gasteiger partial charge in [0.2, 0.25) is 0 Å². The number of aliphatic hydroxyl groups is 1. The molecule has 1 atom stereocenters. The van der Waals surface area contributed by atoms with Crippen molar-refractivity contribution in [2.24, 2.45) is 0 Å². The summed E-state index contributed by atoms with van der Waals surface area (Å²) in [5, 5.41) is 13.7. The van der Waals surface area contributed by atoms with Crippen LogP contribution in [0.3, 0.4) is 0 Å². The number of piperidine rings is 1. The van der Waals surface area contributed by atoms with E-state index in [9.17, 15) is 5.11 Å². The van der Waals surface area contributed by atoms with Gasteiger partial charge in [-0.1, -0.05) is 23.8 Å². The van der Waals surface area contributed by atoms with Gasteiger partial charge in [0.1, 0.15) is 0 Å². The number of hydrogen-bond donors (Lipinski definition) is 2. The van der Waals surface area contributed by atoms with Crippen LogP contribution in [0.15, 0.2) is 18.2 Å². The van der Waals surface area contributed by atoms with Crippen molar-refractivity contribution in [1.82, 2.24) is 5.32 Å². The number of aryl methyl sites for hydroxylation is 2. The van der Waals surface area contributed by atoms with E-state index in [1.165, 1.54) is 16.7 Å². The molecule has 0 amide bonds. The topological polar surface area (TPSA) is 32.3 Å². The highest BCUT2D eigenvalue weighted by Crippen LogP contribution is 2.23. The second-order valence-electron chi connectivity index (χ2n) is 5.11. The van der Waals surface area contributed by atoms with Gasteiger partial charge >= 0.3 is 0 Å². The van der Waals surface area contributed by atoms with Crippen LogP contribution in [0.5, 0.6) is 0 Å². The molecule has 1 aliphatic rings. The fourth-order valence-corrected chi connectivity index (χ4v) is 2.50. The number of rotatable bonds is 2. The van der Waals surface area contributed by atoms with Crippen LogP contribution < -0.4 is 5.32 Å². The summed E-state index contributed by atoms with van der Waals surface area (Å²) >= 11 is 0. The summed E-state index contributed by atoms with van der Waals surface area (Å²) < 4.78 is 0. The summed E-state index contributed by atoms with van der Waals surface area (Å²) in [5.41, 5.74) is 3.31. The normalized spacial score (nSPS) is 25.7. The van der Waals surface area contributed by atoms with Gasteiger partial charge in [0, 0.05) is 13.0 Å². The first-order valence-corrected chi connectivity index (χ1v) is 6.08. The maximum atomic E-state index is 10.5. The van der Waals surface area contributed by atoms with Gasteiger partial charge in [-0.05, 0) is 44.4 Å². The van der Waals surface area contributed by atoms with Gasteiger partial charge in [-0.25, -0.2) is 0 Å². The predicted molar refractivity (Wildman–Crippen MR) is 66.7 cm³/mol. The minimum atomic E-state index is -0.543. The summed E-state index contributed by atoms with van der Waals surface area (Å²) in [6.45, 7) is 5.99. The molecule has 88 valence electrons. The lowest BCUT2D eigenvalue weighted by molar-refractivity contribution is 0.0168. The smallest absolute Gasteiger partial charge is 0.0812 e. The molecule has 0 radical (unpaired) electrons. The van der Waals surface area contributed by atoms with Crippen LogP contribution in [0.2, 0.25) is 0 Å². The Bertz CT molecular complexity index is 367. The first-order valence-electron chi connectivity index (χ1n) is 6.08. The highest BCUT2D eigenvalue weighted by Gasteiger charge is 2.29. The molecule has 0 spiro atoms. The molecular weight excluding hydrogens is 198 g/mol. The third kappa shape index (κ3) is 2.63. The van der Waals surface area contributed by atoms with Crippen LogP contribution >= 0.6 is 0 Å². The predicted octanol–water partition coefficient (Wildman–Crippen LogP) is 1.96. The average molecular weight is 219 g/mol. The van der Waals surface area contributed by atoms with Crippen molar-refractivity contribution in [3.63, 3.8) is 0 Å². The van der Waals surface area contributed by atoms with Gasteiger partial charge in [-0.2, -0.15) is 0 Å². The molecule has 1 saturated heterocycles. The second kappa shape index (κ2) is 4.56. The molecule has 1 aromatic rings. The molecule has 2 N–H and O–H groups in total. The van der Waals surface area contributed by atoms with E-state index in [2.05, 4.69) is 37.4 Å². The summed E-state index contributed by atoms with van der Waals surface area (Å²) in [5.74, 6) is 0. The Morgan fingerprint density at radius 3 is 2.81 bits per heavy atom. The van der Waals surface area contributed by atoms with E-state index in [-0.39, 0.29) is 0 Å². The first-order chi connectivity index (χ1) is 7.59. The van der Waals surface area contributed by atoms with E-state index in [0.717, 1.165) is 32.4 Å². The number of benzene rings is 1. The Labute approximate surface area is 97.7 Å². The third-order valence-corrected chi connectivity index (χ3v) is 3.47. The number of nitrogens with one attached hydrogen (secondary N) is 1. The van der Waals surface area contributed by atoms with Crippen molar-refractivity contribution >= 4 is 0 Å². The summed E-state index contributed by atoms with van der Waals surface area (Å²) in [6, 6.07) is 6.47. The zero-order valence-electron chi connectivity index (χ0n) is 10.2. The molecule has 2 nitrogen and oxygen atoms in total. The highest BCUT2D eigenvalue weighted by molar-refractivity contribution is 5.31. The fraction of sp³-hybridized carbons (Fsp3) is 0.571. The molecule has 2 heteroatoms. The van der Waals surface area contributed by atoms with Crippen LogP contribution in [0.1, 0.15) is 29.5 Å². The first kappa shape index (κ1) is 11.6. The maximum absolute atomic E-state index is 10.5. The van der Waals surface area contributed by atoms with Crippen LogP contribution in [0.25, 0.3) is 0 Å². The monoisotopic (exact) mass is 219 g/mol. The molecule has 2 rings (SSSR count). The van der Waals surface area contributed by atoms with E-state index in [4.69, 9.17) is 0 Å². The minimum absolute atomic E-state index is 0.543. The van der Waals surface area contributed by atoms with Crippen molar-refractivity contribution in [3.8, 4) is 0 Å². The Morgan fingerprint density at radius 2 is 2.19 bits per heavy atom. The van der Waals surface area contributed by atoms with E-state index >= 15 is 0 Å². The number of β-amino-alcohol motifs (C(OH)–C–C–N with tert-alkyl or cyclic N) is 1. The number of hydrogen-bond acceptors (Lipinski definition) is 2. The molecule has 0 bridgehead atoms. The van der Waals surface area contributed by atoms with Crippen molar-refractivity contribution in [1.29, 1.82) is 0 Å². The van der Waals surface area contributed by atoms with Gasteiger partial charge < -0.3 is 10.4 Å². The van der Waals surface area contributed by atoms with Gasteiger partial charge in [-0.15, -0.1) is 0 Å². The van der Waals surface area contributed by atoms with Gasteiger partial charge in [-0.3, -0.25) is 0 Å². The molecule has 0 aromatic heterocycles. The molecule has 1 aromatic carbocycles. The van der Waals surface area contributed by atoms with E-state index < -0.39 is 5.60 Å². The minimum Gasteiger partial charge on any atom is -0.388 e. The Morgan fingerprint density at radius 1 is 1.38 bits per heavy atom. The lowest BCUT2D eigenvalue weighted by atomic mass is 9.86. The van der Waals surface area contributed by atoms with Gasteiger partial charge in [0.05, 0.1) is 5.60 Å². The molecule has 0 aliphatic carbocycles. The van der Waals surface area contributed by atoms with Crippen LogP contribution in [-0.4, -0.2) is 23.8 Å². The quantitative estimate of drug-likeness (QED) is 0.797. The van der Waals surface area contributed by atoms with Crippen LogP contribution in [0, 0.1) is 13.8 Å². The second-order valence-corrected chi connectivity index (χ2v) is 5.11. The van der Waals surface area contributed by atoms with E-state index in [1.54, 1.807) is 0 Å². The van der Waals surface area contributed by atoms with E-state index in [0.29, 0.717) is 0 Å². The maximum Gasteiger partial charge on any atom is 0.0812 e. The van der Waals surface area contributed by atoms with Crippen molar-refractivity contribution in [2.45, 2.75) is 38.7 Å². The Balaban J connectivity index is 2.13. The SMILES string of the molecule is Cc1ccc(CC2(O)CCCNC2)c(C)c1. The van der Waals surface area contributed by atoms with Crippen molar-refractivity contribution < 1.29 is 5.11 Å². The zero-order valence-corrected chi connectivity index (χ0v) is 10.2. The molecule has 0 saturated carbocycles. The van der Waals surface area contributed by atoms with Gasteiger partial charge in [0.25, 0.3) is 0 Å². The highest BCUT2D eigenvalue weighted by atomic mass is 16.3. The lowest BCUT2D eigenvalue weighted by Crippen LogP contribution is -2.47. The summed E-state index contributed by atoms with van der Waals surface area (Å²) in [6.07, 6.45) is 2.75. The molecule has 1 fully saturated rings. The van der Waals surface area contributed by atoms with Crippen LogP contribution in [0.4, 0.5) is 0 Å². The fourth-order valence-electron chi connectivity index (χ4n) is 2.50. The zero-order chi connectivity index (χ0) is 11.6. The Hall–Kier alpha value is -0.860. The van der Waals surface area contributed by atoms with Gasteiger partial charge in [0.15, 0.2) is 0 Å². The third-order valence-electron chi connectivity index (χ3n) is 3.47. The molecule has 1 unspecified atom stereocenters.